The van der Waals surface area contributed by atoms with E-state index in [2.05, 4.69) is 5.16 Å². The van der Waals surface area contributed by atoms with Gasteiger partial charge in [0.25, 0.3) is 0 Å². The molecule has 0 radical (unpaired) electrons. The Morgan fingerprint density at radius 2 is 1.78 bits per heavy atom. The number of rotatable bonds is 7. The number of hydrogen-bond acceptors (Lipinski definition) is 5. The van der Waals surface area contributed by atoms with Gasteiger partial charge in [0.05, 0.1) is 25.1 Å². The largest absolute Gasteiger partial charge is 0.411 e. The lowest BCUT2D eigenvalue weighted by atomic mass is 10.1. The van der Waals surface area contributed by atoms with E-state index in [-0.39, 0.29) is 19.4 Å². The van der Waals surface area contributed by atoms with Crippen LogP contribution >= 0.6 is 7.60 Å². The van der Waals surface area contributed by atoms with E-state index in [1.807, 2.05) is 18.2 Å². The first-order valence-corrected chi connectivity index (χ1v) is 7.52. The maximum absolute atomic E-state index is 12.3. The van der Waals surface area contributed by atoms with Gasteiger partial charge in [-0.3, -0.25) is 4.57 Å². The molecule has 18 heavy (non-hydrogen) atoms. The molecule has 0 fully saturated rings. The molecule has 0 amide bonds. The predicted octanol–water partition coefficient (Wildman–Crippen LogP) is 3.13. The molecule has 0 aliphatic rings. The van der Waals surface area contributed by atoms with E-state index in [0.29, 0.717) is 11.3 Å². The Morgan fingerprint density at radius 1 is 1.22 bits per heavy atom. The number of nitrogens with zero attached hydrogens (tertiary/aromatic N) is 1. The molecule has 0 atom stereocenters. The Balaban J connectivity index is 2.88. The summed E-state index contributed by atoms with van der Waals surface area (Å²) >= 11 is 0. The fourth-order valence-electron chi connectivity index (χ4n) is 1.52. The van der Waals surface area contributed by atoms with Gasteiger partial charge < -0.3 is 14.3 Å². The molecular weight excluding hydrogens is 253 g/mol. The van der Waals surface area contributed by atoms with Gasteiger partial charge in [-0.2, -0.15) is 0 Å². The zero-order valence-corrected chi connectivity index (χ0v) is 11.5. The van der Waals surface area contributed by atoms with Crippen molar-refractivity contribution in [3.8, 4) is 0 Å². The van der Waals surface area contributed by atoms with Crippen LogP contribution in [0.4, 0.5) is 0 Å². The van der Waals surface area contributed by atoms with E-state index in [1.54, 1.807) is 26.0 Å². The first-order valence-electron chi connectivity index (χ1n) is 5.79. The normalized spacial score (nSPS) is 12.7. The lowest BCUT2D eigenvalue weighted by molar-refractivity contribution is 0.223. The van der Waals surface area contributed by atoms with Crippen LogP contribution in [0.1, 0.15) is 19.4 Å². The van der Waals surface area contributed by atoms with Crippen molar-refractivity contribution in [1.82, 2.24) is 0 Å². The third-order valence-electron chi connectivity index (χ3n) is 2.22. The Labute approximate surface area is 107 Å². The molecule has 0 heterocycles. The topological polar surface area (TPSA) is 68.1 Å². The van der Waals surface area contributed by atoms with Gasteiger partial charge in [0.1, 0.15) is 0 Å². The average Bonchev–Trinajstić information content (AvgIpc) is 2.38. The van der Waals surface area contributed by atoms with Crippen molar-refractivity contribution in [3.05, 3.63) is 35.9 Å². The first kappa shape index (κ1) is 14.9. The summed E-state index contributed by atoms with van der Waals surface area (Å²) in [5, 5.41) is 12.2. The van der Waals surface area contributed by atoms with Gasteiger partial charge >= 0.3 is 7.60 Å². The van der Waals surface area contributed by atoms with Crippen molar-refractivity contribution >= 4 is 13.3 Å². The van der Waals surface area contributed by atoms with E-state index in [4.69, 9.17) is 14.3 Å². The van der Waals surface area contributed by atoms with E-state index >= 15 is 0 Å². The third kappa shape index (κ3) is 4.26. The summed E-state index contributed by atoms with van der Waals surface area (Å²) in [5.41, 5.74) is 0.987. The zero-order chi connectivity index (χ0) is 13.4. The van der Waals surface area contributed by atoms with Crippen LogP contribution in [-0.4, -0.2) is 30.3 Å². The van der Waals surface area contributed by atoms with Gasteiger partial charge in [0, 0.05) is 0 Å². The minimum absolute atomic E-state index is 0.0464. The van der Waals surface area contributed by atoms with Gasteiger partial charge in [0.2, 0.25) is 0 Å². The Hall–Kier alpha value is -1.16. The highest BCUT2D eigenvalue weighted by Gasteiger charge is 2.27. The SMILES string of the molecule is CCOP(=O)(CC(=NO)c1ccccc1)OCC. The highest BCUT2D eigenvalue weighted by atomic mass is 31.2. The molecule has 5 nitrogen and oxygen atoms in total. The molecule has 1 rings (SSSR count). The van der Waals surface area contributed by atoms with Crippen LogP contribution in [0.15, 0.2) is 35.5 Å². The van der Waals surface area contributed by atoms with Crippen molar-refractivity contribution in [1.29, 1.82) is 0 Å². The molecule has 1 N–H and O–H groups in total. The van der Waals surface area contributed by atoms with Crippen molar-refractivity contribution in [2.45, 2.75) is 13.8 Å². The summed E-state index contributed by atoms with van der Waals surface area (Å²) in [5.74, 6) is 0. The quantitative estimate of drug-likeness (QED) is 0.358. The van der Waals surface area contributed by atoms with Gasteiger partial charge in [-0.25, -0.2) is 0 Å². The number of oxime groups is 1. The second kappa shape index (κ2) is 7.31. The minimum Gasteiger partial charge on any atom is -0.411 e. The molecule has 0 spiro atoms. The van der Waals surface area contributed by atoms with Crippen LogP contribution in [0.3, 0.4) is 0 Å². The molecule has 1 aromatic carbocycles. The lowest BCUT2D eigenvalue weighted by Crippen LogP contribution is -2.11. The Kier molecular flexibility index (Phi) is 6.05. The van der Waals surface area contributed by atoms with Gasteiger partial charge in [-0.05, 0) is 19.4 Å². The van der Waals surface area contributed by atoms with Crippen molar-refractivity contribution in [2.24, 2.45) is 5.16 Å². The molecule has 0 saturated carbocycles. The van der Waals surface area contributed by atoms with Crippen LogP contribution < -0.4 is 0 Å². The molecule has 0 aliphatic heterocycles. The summed E-state index contributed by atoms with van der Waals surface area (Å²) in [7, 11) is -3.25. The molecule has 0 saturated heterocycles. The molecule has 100 valence electrons. The molecule has 1 aromatic rings. The summed E-state index contributed by atoms with van der Waals surface area (Å²) in [6.07, 6.45) is -0.0464. The molecule has 0 aromatic heterocycles. The minimum atomic E-state index is -3.25. The third-order valence-corrected chi connectivity index (χ3v) is 4.21. The van der Waals surface area contributed by atoms with Crippen LogP contribution in [0.25, 0.3) is 0 Å². The van der Waals surface area contributed by atoms with E-state index in [1.165, 1.54) is 0 Å². The van der Waals surface area contributed by atoms with E-state index in [9.17, 15) is 4.57 Å². The van der Waals surface area contributed by atoms with Crippen LogP contribution in [0.5, 0.6) is 0 Å². The van der Waals surface area contributed by atoms with Crippen molar-refractivity contribution in [3.63, 3.8) is 0 Å². The monoisotopic (exact) mass is 271 g/mol. The second-order valence-corrected chi connectivity index (χ2v) is 5.57. The smallest absolute Gasteiger partial charge is 0.336 e. The zero-order valence-electron chi connectivity index (χ0n) is 10.6. The average molecular weight is 271 g/mol. The van der Waals surface area contributed by atoms with Gasteiger partial charge in [-0.1, -0.05) is 35.5 Å². The number of hydrogen-bond donors (Lipinski definition) is 1. The summed E-state index contributed by atoms with van der Waals surface area (Å²) in [4.78, 5) is 0. The molecular formula is C12H18NO4P. The summed E-state index contributed by atoms with van der Waals surface area (Å²) in [6, 6.07) is 9.03. The standard InChI is InChI=1S/C12H18NO4P/c1-3-16-18(15,17-4-2)10-12(13-14)11-8-6-5-7-9-11/h5-9,14H,3-4,10H2,1-2H3. The number of benzene rings is 1. The maximum Gasteiger partial charge on any atom is 0.336 e. The van der Waals surface area contributed by atoms with E-state index in [0.717, 1.165) is 0 Å². The molecule has 6 heteroatoms. The highest BCUT2D eigenvalue weighted by Crippen LogP contribution is 2.48. The summed E-state index contributed by atoms with van der Waals surface area (Å²) in [6.45, 7) is 4.05. The van der Waals surface area contributed by atoms with Crippen LogP contribution in [-0.2, 0) is 13.6 Å². The van der Waals surface area contributed by atoms with Crippen molar-refractivity contribution in [2.75, 3.05) is 19.4 Å². The maximum atomic E-state index is 12.3. The molecule has 0 aliphatic carbocycles. The Bertz CT molecular complexity index is 423. The van der Waals surface area contributed by atoms with Gasteiger partial charge in [0.15, 0.2) is 0 Å². The fraction of sp³-hybridized carbons (Fsp3) is 0.417. The summed E-state index contributed by atoms with van der Waals surface area (Å²) < 4.78 is 22.6. The molecule has 0 unspecified atom stereocenters. The second-order valence-electron chi connectivity index (χ2n) is 3.52. The Morgan fingerprint density at radius 3 is 2.22 bits per heavy atom. The first-order chi connectivity index (χ1) is 8.65. The van der Waals surface area contributed by atoms with Crippen LogP contribution in [0, 0.1) is 0 Å². The lowest BCUT2D eigenvalue weighted by Gasteiger charge is -2.17. The van der Waals surface area contributed by atoms with Gasteiger partial charge in [-0.15, -0.1) is 0 Å². The van der Waals surface area contributed by atoms with Crippen molar-refractivity contribution < 1.29 is 18.8 Å². The highest BCUT2D eigenvalue weighted by molar-refractivity contribution is 7.55. The van der Waals surface area contributed by atoms with E-state index < -0.39 is 7.60 Å². The van der Waals surface area contributed by atoms with Crippen LogP contribution in [0.2, 0.25) is 0 Å². The fourth-order valence-corrected chi connectivity index (χ4v) is 3.17. The molecule has 0 bridgehead atoms. The predicted molar refractivity (Wildman–Crippen MR) is 70.5 cm³/mol.